The van der Waals surface area contributed by atoms with Crippen molar-refractivity contribution in [3.63, 3.8) is 0 Å². The standard InChI is InChI=1S/C10H19N/c1-4-5-11-9(3)7-10-6-8(10)2/h4,8-11H,1,5-7H2,2-3H3. The molecule has 1 heteroatoms. The molecule has 1 rings (SSSR count). The molecule has 0 saturated heterocycles. The molecular formula is C10H19N. The van der Waals surface area contributed by atoms with E-state index in [9.17, 15) is 0 Å². The summed E-state index contributed by atoms with van der Waals surface area (Å²) in [6, 6.07) is 0.669. The zero-order chi connectivity index (χ0) is 8.27. The molecule has 1 fully saturated rings. The second-order valence-corrected chi connectivity index (χ2v) is 3.81. The molecular weight excluding hydrogens is 134 g/mol. The molecule has 1 aliphatic carbocycles. The monoisotopic (exact) mass is 153 g/mol. The highest BCUT2D eigenvalue weighted by atomic mass is 14.9. The van der Waals surface area contributed by atoms with Crippen molar-refractivity contribution in [1.82, 2.24) is 5.32 Å². The van der Waals surface area contributed by atoms with Crippen LogP contribution in [-0.2, 0) is 0 Å². The van der Waals surface area contributed by atoms with E-state index in [0.29, 0.717) is 6.04 Å². The fraction of sp³-hybridized carbons (Fsp3) is 0.800. The molecule has 1 nitrogen and oxygen atoms in total. The van der Waals surface area contributed by atoms with Gasteiger partial charge in [-0.2, -0.15) is 0 Å². The van der Waals surface area contributed by atoms with E-state index in [2.05, 4.69) is 25.7 Å². The largest absolute Gasteiger partial charge is 0.311 e. The Bertz CT molecular complexity index is 131. The zero-order valence-corrected chi connectivity index (χ0v) is 7.64. The Morgan fingerprint density at radius 3 is 2.82 bits per heavy atom. The highest BCUT2D eigenvalue weighted by molar-refractivity contribution is 4.86. The molecule has 11 heavy (non-hydrogen) atoms. The van der Waals surface area contributed by atoms with Crippen molar-refractivity contribution in [2.24, 2.45) is 11.8 Å². The third-order valence-electron chi connectivity index (χ3n) is 2.54. The van der Waals surface area contributed by atoms with E-state index >= 15 is 0 Å². The van der Waals surface area contributed by atoms with Gasteiger partial charge in [0.1, 0.15) is 0 Å². The highest BCUT2D eigenvalue weighted by Crippen LogP contribution is 2.41. The quantitative estimate of drug-likeness (QED) is 0.597. The predicted molar refractivity (Wildman–Crippen MR) is 49.5 cm³/mol. The lowest BCUT2D eigenvalue weighted by atomic mass is 10.1. The number of hydrogen-bond donors (Lipinski definition) is 1. The summed E-state index contributed by atoms with van der Waals surface area (Å²) in [7, 11) is 0. The summed E-state index contributed by atoms with van der Waals surface area (Å²) in [5.74, 6) is 1.99. The van der Waals surface area contributed by atoms with Crippen LogP contribution in [0.1, 0.15) is 26.7 Å². The Kier molecular flexibility index (Phi) is 3.13. The average Bonchev–Trinajstić information content (AvgIpc) is 2.62. The number of hydrogen-bond acceptors (Lipinski definition) is 1. The Balaban J connectivity index is 2.01. The molecule has 1 saturated carbocycles. The fourth-order valence-electron chi connectivity index (χ4n) is 1.55. The normalized spacial score (nSPS) is 31.5. The van der Waals surface area contributed by atoms with Crippen LogP contribution in [0.2, 0.25) is 0 Å². The molecule has 0 amide bonds. The first-order valence-electron chi connectivity index (χ1n) is 4.58. The van der Waals surface area contributed by atoms with Crippen LogP contribution >= 0.6 is 0 Å². The maximum absolute atomic E-state index is 3.68. The molecule has 1 aliphatic rings. The molecule has 0 bridgehead atoms. The maximum Gasteiger partial charge on any atom is 0.0134 e. The number of rotatable bonds is 5. The van der Waals surface area contributed by atoms with Gasteiger partial charge in [0.2, 0.25) is 0 Å². The Morgan fingerprint density at radius 2 is 2.36 bits per heavy atom. The lowest BCUT2D eigenvalue weighted by Gasteiger charge is -2.10. The van der Waals surface area contributed by atoms with Crippen molar-refractivity contribution in [1.29, 1.82) is 0 Å². The van der Waals surface area contributed by atoms with Gasteiger partial charge in [-0.05, 0) is 31.6 Å². The Labute approximate surface area is 69.9 Å². The molecule has 0 radical (unpaired) electrons. The Hall–Kier alpha value is -0.300. The molecule has 0 aromatic heterocycles. The molecule has 0 aromatic carbocycles. The van der Waals surface area contributed by atoms with Gasteiger partial charge in [-0.15, -0.1) is 6.58 Å². The van der Waals surface area contributed by atoms with Crippen molar-refractivity contribution in [3.8, 4) is 0 Å². The van der Waals surface area contributed by atoms with E-state index < -0.39 is 0 Å². The summed E-state index contributed by atoms with van der Waals surface area (Å²) in [5, 5.41) is 3.41. The summed E-state index contributed by atoms with van der Waals surface area (Å²) in [6.07, 6.45) is 4.71. The number of nitrogens with one attached hydrogen (secondary N) is 1. The minimum Gasteiger partial charge on any atom is -0.311 e. The zero-order valence-electron chi connectivity index (χ0n) is 7.64. The molecule has 3 unspecified atom stereocenters. The first-order valence-corrected chi connectivity index (χ1v) is 4.58. The molecule has 1 N–H and O–H groups in total. The van der Waals surface area contributed by atoms with E-state index in [-0.39, 0.29) is 0 Å². The second kappa shape index (κ2) is 3.91. The van der Waals surface area contributed by atoms with Gasteiger partial charge in [0.05, 0.1) is 0 Å². The van der Waals surface area contributed by atoms with Crippen molar-refractivity contribution < 1.29 is 0 Å². The van der Waals surface area contributed by atoms with E-state index in [4.69, 9.17) is 0 Å². The smallest absolute Gasteiger partial charge is 0.0134 e. The topological polar surface area (TPSA) is 12.0 Å². The van der Waals surface area contributed by atoms with E-state index in [1.807, 2.05) is 6.08 Å². The summed E-state index contributed by atoms with van der Waals surface area (Å²) in [6.45, 7) is 9.22. The van der Waals surface area contributed by atoms with Crippen molar-refractivity contribution in [2.75, 3.05) is 6.54 Å². The molecule has 0 heterocycles. The van der Waals surface area contributed by atoms with Crippen LogP contribution in [0.25, 0.3) is 0 Å². The van der Waals surface area contributed by atoms with Crippen molar-refractivity contribution in [2.45, 2.75) is 32.7 Å². The van der Waals surface area contributed by atoms with Gasteiger partial charge in [0, 0.05) is 12.6 Å². The fourth-order valence-corrected chi connectivity index (χ4v) is 1.55. The van der Waals surface area contributed by atoms with Crippen LogP contribution in [0.3, 0.4) is 0 Å². The van der Waals surface area contributed by atoms with Gasteiger partial charge >= 0.3 is 0 Å². The van der Waals surface area contributed by atoms with Crippen LogP contribution in [0.5, 0.6) is 0 Å². The van der Waals surface area contributed by atoms with E-state index in [0.717, 1.165) is 18.4 Å². The molecule has 64 valence electrons. The minimum absolute atomic E-state index is 0.669. The summed E-state index contributed by atoms with van der Waals surface area (Å²) < 4.78 is 0. The van der Waals surface area contributed by atoms with Gasteiger partial charge < -0.3 is 5.32 Å². The van der Waals surface area contributed by atoms with Crippen molar-refractivity contribution in [3.05, 3.63) is 12.7 Å². The first kappa shape index (κ1) is 8.79. The summed E-state index contributed by atoms with van der Waals surface area (Å²) in [4.78, 5) is 0. The van der Waals surface area contributed by atoms with Crippen molar-refractivity contribution >= 4 is 0 Å². The van der Waals surface area contributed by atoms with Gasteiger partial charge in [-0.3, -0.25) is 0 Å². The third-order valence-corrected chi connectivity index (χ3v) is 2.54. The SMILES string of the molecule is C=CCNC(C)CC1CC1C. The lowest BCUT2D eigenvalue weighted by molar-refractivity contribution is 0.498. The van der Waals surface area contributed by atoms with E-state index in [1.54, 1.807) is 0 Å². The molecule has 0 aromatic rings. The molecule has 3 atom stereocenters. The van der Waals surface area contributed by atoms with Gasteiger partial charge in [-0.1, -0.05) is 13.0 Å². The minimum atomic E-state index is 0.669. The molecule has 0 spiro atoms. The first-order chi connectivity index (χ1) is 5.24. The highest BCUT2D eigenvalue weighted by Gasteiger charge is 2.32. The van der Waals surface area contributed by atoms with Gasteiger partial charge in [0.15, 0.2) is 0 Å². The Morgan fingerprint density at radius 1 is 1.73 bits per heavy atom. The van der Waals surface area contributed by atoms with Gasteiger partial charge in [0.25, 0.3) is 0 Å². The van der Waals surface area contributed by atoms with Crippen LogP contribution in [0, 0.1) is 11.8 Å². The second-order valence-electron chi connectivity index (χ2n) is 3.81. The summed E-state index contributed by atoms with van der Waals surface area (Å²) >= 11 is 0. The molecule has 0 aliphatic heterocycles. The van der Waals surface area contributed by atoms with E-state index in [1.165, 1.54) is 12.8 Å². The average molecular weight is 153 g/mol. The third kappa shape index (κ3) is 3.06. The lowest BCUT2D eigenvalue weighted by Crippen LogP contribution is -2.26. The van der Waals surface area contributed by atoms with Crippen LogP contribution < -0.4 is 5.32 Å². The van der Waals surface area contributed by atoms with Crippen LogP contribution in [-0.4, -0.2) is 12.6 Å². The predicted octanol–water partition coefficient (Wildman–Crippen LogP) is 2.20. The van der Waals surface area contributed by atoms with Gasteiger partial charge in [-0.25, -0.2) is 0 Å². The summed E-state index contributed by atoms with van der Waals surface area (Å²) in [5.41, 5.74) is 0. The van der Waals surface area contributed by atoms with Crippen LogP contribution in [0.15, 0.2) is 12.7 Å². The maximum atomic E-state index is 3.68. The van der Waals surface area contributed by atoms with Crippen LogP contribution in [0.4, 0.5) is 0 Å².